The molecule has 0 aliphatic carbocycles. The first-order valence-electron chi connectivity index (χ1n) is 5.12. The van der Waals surface area contributed by atoms with Gasteiger partial charge in [-0.05, 0) is 28.5 Å². The molecule has 0 amide bonds. The van der Waals surface area contributed by atoms with Gasteiger partial charge in [0.05, 0.1) is 0 Å². The standard InChI is InChI=1S/C10H6.C3H7NO2/c1-3-7-9-5-2-6-10(7)8(9)4-1;1-2(4)3(5)6/h1-6H;2H,4H2,1H3,(H,5,6). The van der Waals surface area contributed by atoms with Gasteiger partial charge in [-0.1, -0.05) is 36.4 Å². The summed E-state index contributed by atoms with van der Waals surface area (Å²) < 4.78 is 0. The number of carboxylic acids is 1. The summed E-state index contributed by atoms with van der Waals surface area (Å²) in [7, 11) is 0. The van der Waals surface area contributed by atoms with Gasteiger partial charge in [-0.15, -0.1) is 0 Å². The summed E-state index contributed by atoms with van der Waals surface area (Å²) in [6.45, 7) is 1.42. The Labute approximate surface area is 93.1 Å². The average molecular weight is 215 g/mol. The first-order valence-corrected chi connectivity index (χ1v) is 5.12. The fourth-order valence-corrected chi connectivity index (χ4v) is 1.72. The molecule has 0 spiro atoms. The molecule has 16 heavy (non-hydrogen) atoms. The summed E-state index contributed by atoms with van der Waals surface area (Å²) in [6.07, 6.45) is 0. The molecule has 0 saturated carbocycles. The van der Waals surface area contributed by atoms with E-state index in [4.69, 9.17) is 10.8 Å². The van der Waals surface area contributed by atoms with Crippen LogP contribution in [-0.4, -0.2) is 17.1 Å². The zero-order chi connectivity index (χ0) is 11.7. The Kier molecular flexibility index (Phi) is 2.62. The van der Waals surface area contributed by atoms with Crippen molar-refractivity contribution < 1.29 is 9.90 Å². The van der Waals surface area contributed by atoms with E-state index in [0.29, 0.717) is 0 Å². The minimum atomic E-state index is -0.963. The number of hydrogen-bond donors (Lipinski definition) is 2. The topological polar surface area (TPSA) is 63.3 Å². The van der Waals surface area contributed by atoms with Crippen LogP contribution in [-0.2, 0) is 4.79 Å². The van der Waals surface area contributed by atoms with Crippen LogP contribution in [0, 0.1) is 0 Å². The number of carbonyl (C=O) groups is 1. The number of nitrogens with two attached hydrogens (primary N) is 1. The summed E-state index contributed by atoms with van der Waals surface area (Å²) in [5, 5.41) is 13.6. The van der Waals surface area contributed by atoms with Gasteiger partial charge in [0.15, 0.2) is 0 Å². The second-order valence-electron chi connectivity index (χ2n) is 3.83. The van der Waals surface area contributed by atoms with E-state index >= 15 is 0 Å². The summed E-state index contributed by atoms with van der Waals surface area (Å²) in [5.41, 5.74) is 4.84. The van der Waals surface area contributed by atoms with Crippen LogP contribution in [0.2, 0.25) is 0 Å². The molecule has 3 nitrogen and oxygen atoms in total. The highest BCUT2D eigenvalue weighted by Gasteiger charge is 2.07. The summed E-state index contributed by atoms with van der Waals surface area (Å²) >= 11 is 0. The molecule has 1 unspecified atom stereocenters. The van der Waals surface area contributed by atoms with Gasteiger partial charge in [-0.25, -0.2) is 0 Å². The van der Waals surface area contributed by atoms with E-state index in [1.54, 1.807) is 0 Å². The van der Waals surface area contributed by atoms with Gasteiger partial charge >= 0.3 is 5.97 Å². The largest absolute Gasteiger partial charge is 0.480 e. The molecule has 0 fully saturated rings. The Morgan fingerprint density at radius 2 is 1.31 bits per heavy atom. The van der Waals surface area contributed by atoms with E-state index in [-0.39, 0.29) is 0 Å². The van der Waals surface area contributed by atoms with Gasteiger partial charge in [0.1, 0.15) is 6.04 Å². The smallest absolute Gasteiger partial charge is 0.320 e. The number of hydrogen-bond acceptors (Lipinski definition) is 2. The van der Waals surface area contributed by atoms with Crippen molar-refractivity contribution >= 4 is 27.5 Å². The van der Waals surface area contributed by atoms with E-state index in [2.05, 4.69) is 36.4 Å². The van der Waals surface area contributed by atoms with Crippen molar-refractivity contribution in [1.82, 2.24) is 0 Å². The molecule has 0 radical (unpaired) electrons. The van der Waals surface area contributed by atoms with Crippen molar-refractivity contribution in [2.75, 3.05) is 0 Å². The number of carboxylic acid groups (broad SMARTS) is 1. The predicted molar refractivity (Wildman–Crippen MR) is 65.1 cm³/mol. The monoisotopic (exact) mass is 215 g/mol. The maximum Gasteiger partial charge on any atom is 0.320 e. The highest BCUT2D eigenvalue weighted by molar-refractivity contribution is 6.26. The lowest BCUT2D eigenvalue weighted by Gasteiger charge is -2.11. The first-order chi connectivity index (χ1) is 7.61. The van der Waals surface area contributed by atoms with Gasteiger partial charge < -0.3 is 10.8 Å². The van der Waals surface area contributed by atoms with E-state index < -0.39 is 12.0 Å². The van der Waals surface area contributed by atoms with Gasteiger partial charge in [0.2, 0.25) is 0 Å². The molecule has 0 aliphatic heterocycles. The van der Waals surface area contributed by atoms with Crippen LogP contribution < -0.4 is 5.73 Å². The quantitative estimate of drug-likeness (QED) is 0.654. The normalized spacial score (nSPS) is 12.6. The fourth-order valence-electron chi connectivity index (χ4n) is 1.72. The van der Waals surface area contributed by atoms with Crippen LogP contribution in [0.1, 0.15) is 6.92 Å². The predicted octanol–water partition coefficient (Wildman–Crippen LogP) is 2.29. The third-order valence-electron chi connectivity index (χ3n) is 2.60. The first kappa shape index (κ1) is 10.6. The lowest BCUT2D eigenvalue weighted by Crippen LogP contribution is -2.25. The van der Waals surface area contributed by atoms with E-state index in [9.17, 15) is 4.79 Å². The van der Waals surface area contributed by atoms with Crippen molar-refractivity contribution in [2.24, 2.45) is 5.73 Å². The van der Waals surface area contributed by atoms with E-state index in [1.165, 1.54) is 28.5 Å². The van der Waals surface area contributed by atoms with Crippen molar-refractivity contribution in [3.8, 4) is 0 Å². The Balaban J connectivity index is 0.000000142. The number of rotatable bonds is 1. The molecule has 4 aromatic rings. The van der Waals surface area contributed by atoms with E-state index in [0.717, 1.165) is 0 Å². The summed E-state index contributed by atoms with van der Waals surface area (Å²) in [4.78, 5) is 9.57. The van der Waals surface area contributed by atoms with Crippen molar-refractivity contribution in [3.05, 3.63) is 36.4 Å². The molecular weight excluding hydrogens is 202 g/mol. The highest BCUT2D eigenvalue weighted by Crippen LogP contribution is 2.35. The van der Waals surface area contributed by atoms with Gasteiger partial charge in [-0.3, -0.25) is 4.79 Å². The van der Waals surface area contributed by atoms with E-state index in [1.807, 2.05) is 0 Å². The second kappa shape index (κ2) is 3.94. The molecule has 0 aliphatic rings. The maximum absolute atomic E-state index is 9.57. The SMILES string of the molecule is CC(N)C(=O)O.c1cc2c3cccc2c3c1. The van der Waals surface area contributed by atoms with Gasteiger partial charge in [0, 0.05) is 0 Å². The highest BCUT2D eigenvalue weighted by atomic mass is 16.4. The zero-order valence-corrected chi connectivity index (χ0v) is 8.97. The molecule has 82 valence electrons. The summed E-state index contributed by atoms with van der Waals surface area (Å²) in [6, 6.07) is 12.2. The van der Waals surface area contributed by atoms with Gasteiger partial charge in [0.25, 0.3) is 0 Å². The Morgan fingerprint density at radius 1 is 1.06 bits per heavy atom. The number of fused-ring (bicyclic) bond motifs is 2. The molecule has 4 bridgehead atoms. The molecule has 0 saturated heterocycles. The van der Waals surface area contributed by atoms with Crippen molar-refractivity contribution in [1.29, 1.82) is 0 Å². The van der Waals surface area contributed by atoms with Gasteiger partial charge in [-0.2, -0.15) is 0 Å². The average Bonchev–Trinajstić information content (AvgIpc) is 2.32. The molecule has 0 aromatic heterocycles. The minimum Gasteiger partial charge on any atom is -0.480 e. The molecule has 0 heterocycles. The minimum absolute atomic E-state index is 0.731. The van der Waals surface area contributed by atoms with Crippen LogP contribution in [0.4, 0.5) is 0 Å². The third kappa shape index (κ3) is 1.66. The van der Waals surface area contributed by atoms with Crippen molar-refractivity contribution in [2.45, 2.75) is 13.0 Å². The molecule has 3 N–H and O–H groups in total. The van der Waals surface area contributed by atoms with Crippen LogP contribution >= 0.6 is 0 Å². The van der Waals surface area contributed by atoms with Crippen LogP contribution in [0.3, 0.4) is 0 Å². The Morgan fingerprint density at radius 3 is 1.50 bits per heavy atom. The maximum atomic E-state index is 9.57. The lowest BCUT2D eigenvalue weighted by molar-refractivity contribution is -0.138. The zero-order valence-electron chi connectivity index (χ0n) is 8.97. The van der Waals surface area contributed by atoms with Crippen molar-refractivity contribution in [3.63, 3.8) is 0 Å². The molecular formula is C13H13NO2. The van der Waals surface area contributed by atoms with Crippen LogP contribution in [0.25, 0.3) is 21.5 Å². The molecule has 3 heteroatoms. The van der Waals surface area contributed by atoms with Crippen LogP contribution in [0.5, 0.6) is 0 Å². The lowest BCUT2D eigenvalue weighted by atomic mass is 9.92. The second-order valence-corrected chi connectivity index (χ2v) is 3.83. The third-order valence-corrected chi connectivity index (χ3v) is 2.60. The fraction of sp³-hybridized carbons (Fsp3) is 0.154. The number of aliphatic carboxylic acids is 1. The van der Waals surface area contributed by atoms with Crippen LogP contribution in [0.15, 0.2) is 36.4 Å². The Bertz CT molecular complexity index is 485. The molecule has 4 aromatic carbocycles. The molecule has 1 atom stereocenters. The number of benzene rings is 4. The summed E-state index contributed by atoms with van der Waals surface area (Å²) in [5.74, 6) is -0.963. The Hall–Kier alpha value is -1.87. The molecule has 4 rings (SSSR count).